The van der Waals surface area contributed by atoms with Crippen LogP contribution in [0.5, 0.6) is 0 Å². The molecule has 0 bridgehead atoms. The second kappa shape index (κ2) is 8.06. The van der Waals surface area contributed by atoms with Gasteiger partial charge in [-0.1, -0.05) is 32.9 Å². The molecule has 154 valence electrons. The molecule has 2 heterocycles. The third-order valence-corrected chi connectivity index (χ3v) is 4.86. The molecule has 1 aromatic heterocycles. The number of rotatable bonds is 4. The van der Waals surface area contributed by atoms with Crippen molar-refractivity contribution >= 4 is 17.7 Å². The lowest BCUT2D eigenvalue weighted by Gasteiger charge is -2.26. The van der Waals surface area contributed by atoms with Crippen molar-refractivity contribution in [3.05, 3.63) is 52.8 Å². The summed E-state index contributed by atoms with van der Waals surface area (Å²) in [6, 6.07) is 8.87. The monoisotopic (exact) mass is 397 g/mol. The summed E-state index contributed by atoms with van der Waals surface area (Å²) in [6.45, 7) is 7.55. The third kappa shape index (κ3) is 4.82. The Morgan fingerprint density at radius 1 is 1.21 bits per heavy atom. The number of piperazine rings is 1. The Morgan fingerprint density at radius 2 is 1.90 bits per heavy atom. The van der Waals surface area contributed by atoms with Crippen LogP contribution in [0.2, 0.25) is 0 Å². The fourth-order valence-electron chi connectivity index (χ4n) is 3.08. The highest BCUT2D eigenvalue weighted by Gasteiger charge is 2.23. The molecule has 0 atom stereocenters. The lowest BCUT2D eigenvalue weighted by Crippen LogP contribution is -2.49. The molecule has 0 saturated carbocycles. The number of aryl methyl sites for hydroxylation is 1. The van der Waals surface area contributed by atoms with Crippen LogP contribution in [0, 0.1) is 0 Å². The van der Waals surface area contributed by atoms with E-state index in [1.807, 2.05) is 6.07 Å². The van der Waals surface area contributed by atoms with E-state index in [0.717, 1.165) is 11.3 Å². The summed E-state index contributed by atoms with van der Waals surface area (Å²) >= 11 is 0. The van der Waals surface area contributed by atoms with E-state index in [2.05, 4.69) is 36.5 Å². The second-order valence-corrected chi connectivity index (χ2v) is 8.24. The molecule has 0 spiro atoms. The van der Waals surface area contributed by atoms with Crippen molar-refractivity contribution < 1.29 is 14.4 Å². The van der Waals surface area contributed by atoms with Gasteiger partial charge in [-0.05, 0) is 23.8 Å². The Labute approximate surface area is 170 Å². The molecular formula is C21H27N5O3. The largest absolute Gasteiger partial charge is 0.353 e. The minimum absolute atomic E-state index is 0.0812. The van der Waals surface area contributed by atoms with E-state index in [1.54, 1.807) is 36.0 Å². The van der Waals surface area contributed by atoms with Gasteiger partial charge in [-0.3, -0.25) is 19.1 Å². The van der Waals surface area contributed by atoms with Gasteiger partial charge in [0.05, 0.1) is 12.2 Å². The predicted molar refractivity (Wildman–Crippen MR) is 108 cm³/mol. The first-order valence-corrected chi connectivity index (χ1v) is 9.63. The average Bonchev–Trinajstić information content (AvgIpc) is 3.08. The molecule has 1 saturated heterocycles. The van der Waals surface area contributed by atoms with Crippen LogP contribution in [-0.4, -0.2) is 52.0 Å². The van der Waals surface area contributed by atoms with Gasteiger partial charge in [0.15, 0.2) is 0 Å². The van der Waals surface area contributed by atoms with Crippen molar-refractivity contribution in [3.63, 3.8) is 0 Å². The van der Waals surface area contributed by atoms with Crippen molar-refractivity contribution in [3.8, 4) is 0 Å². The molecule has 2 aromatic rings. The van der Waals surface area contributed by atoms with Gasteiger partial charge in [-0.2, -0.15) is 5.10 Å². The Balaban J connectivity index is 1.60. The Bertz CT molecular complexity index is 925. The molecule has 8 nitrogen and oxygen atoms in total. The van der Waals surface area contributed by atoms with Gasteiger partial charge in [0.25, 0.3) is 11.8 Å². The fourth-order valence-corrected chi connectivity index (χ4v) is 3.08. The number of amides is 3. The molecule has 1 aromatic carbocycles. The number of hydrogen-bond donors (Lipinski definition) is 2. The van der Waals surface area contributed by atoms with Crippen molar-refractivity contribution in [2.24, 2.45) is 7.05 Å². The average molecular weight is 397 g/mol. The van der Waals surface area contributed by atoms with Crippen LogP contribution in [0.1, 0.15) is 52.9 Å². The number of nitrogens with zero attached hydrogens (tertiary/aromatic N) is 3. The maximum Gasteiger partial charge on any atom is 0.269 e. The van der Waals surface area contributed by atoms with Crippen molar-refractivity contribution in [2.75, 3.05) is 19.6 Å². The molecule has 3 amide bonds. The van der Waals surface area contributed by atoms with Crippen LogP contribution in [0.3, 0.4) is 0 Å². The number of nitrogens with one attached hydrogen (secondary N) is 2. The molecule has 3 rings (SSSR count). The van der Waals surface area contributed by atoms with Crippen LogP contribution in [0.15, 0.2) is 30.3 Å². The Hall–Kier alpha value is -3.16. The summed E-state index contributed by atoms with van der Waals surface area (Å²) in [6.07, 6.45) is 0. The Kier molecular flexibility index (Phi) is 5.72. The first kappa shape index (κ1) is 20.6. The molecule has 1 aliphatic rings. The normalized spacial score (nSPS) is 14.5. The van der Waals surface area contributed by atoms with E-state index in [-0.39, 0.29) is 29.7 Å². The lowest BCUT2D eigenvalue weighted by molar-refractivity contribution is -0.123. The highest BCUT2D eigenvalue weighted by Crippen LogP contribution is 2.21. The van der Waals surface area contributed by atoms with Gasteiger partial charge in [-0.15, -0.1) is 0 Å². The molecule has 29 heavy (non-hydrogen) atoms. The van der Waals surface area contributed by atoms with Gasteiger partial charge in [0, 0.05) is 37.7 Å². The van der Waals surface area contributed by atoms with Crippen molar-refractivity contribution in [1.29, 1.82) is 0 Å². The molecule has 0 aliphatic carbocycles. The number of benzene rings is 1. The smallest absolute Gasteiger partial charge is 0.269 e. The summed E-state index contributed by atoms with van der Waals surface area (Å²) in [4.78, 5) is 38.0. The highest BCUT2D eigenvalue weighted by atomic mass is 16.2. The molecule has 0 unspecified atom stereocenters. The van der Waals surface area contributed by atoms with Gasteiger partial charge in [-0.25, -0.2) is 0 Å². The lowest BCUT2D eigenvalue weighted by atomic mass is 9.92. The summed E-state index contributed by atoms with van der Waals surface area (Å²) < 4.78 is 1.59. The zero-order chi connectivity index (χ0) is 21.2. The van der Waals surface area contributed by atoms with Crippen LogP contribution in [0.25, 0.3) is 0 Å². The van der Waals surface area contributed by atoms with Crippen LogP contribution < -0.4 is 10.6 Å². The van der Waals surface area contributed by atoms with Crippen LogP contribution in [0.4, 0.5) is 0 Å². The standard InChI is InChI=1S/C21H27N5O3/c1-21(2,3)17-11-16(25(4)24-17)19(28)23-12-14-5-7-15(8-6-14)20(29)26-10-9-22-18(27)13-26/h5-8,11H,9-10,12-13H2,1-4H3,(H,22,27)(H,23,28). The minimum Gasteiger partial charge on any atom is -0.353 e. The van der Waals surface area contributed by atoms with Crippen molar-refractivity contribution in [1.82, 2.24) is 25.3 Å². The summed E-state index contributed by atoms with van der Waals surface area (Å²) in [7, 11) is 1.76. The van der Waals surface area contributed by atoms with E-state index >= 15 is 0 Å². The third-order valence-electron chi connectivity index (χ3n) is 4.86. The van der Waals surface area contributed by atoms with Gasteiger partial charge in [0.2, 0.25) is 5.91 Å². The van der Waals surface area contributed by atoms with E-state index in [1.165, 1.54) is 4.90 Å². The highest BCUT2D eigenvalue weighted by molar-refractivity contribution is 5.97. The summed E-state index contributed by atoms with van der Waals surface area (Å²) in [5.74, 6) is -0.510. The SMILES string of the molecule is Cn1nc(C(C)(C)C)cc1C(=O)NCc1ccc(C(=O)N2CCNC(=O)C2)cc1. The van der Waals surface area contributed by atoms with Crippen molar-refractivity contribution in [2.45, 2.75) is 32.7 Å². The first-order valence-electron chi connectivity index (χ1n) is 9.63. The number of carbonyl (C=O) groups excluding carboxylic acids is 3. The number of aromatic nitrogens is 2. The first-order chi connectivity index (χ1) is 13.6. The minimum atomic E-state index is -0.199. The molecule has 8 heteroatoms. The quantitative estimate of drug-likeness (QED) is 0.811. The molecular weight excluding hydrogens is 370 g/mol. The Morgan fingerprint density at radius 3 is 2.48 bits per heavy atom. The summed E-state index contributed by atoms with van der Waals surface area (Å²) in [5, 5.41) is 10.0. The van der Waals surface area contributed by atoms with E-state index in [9.17, 15) is 14.4 Å². The zero-order valence-corrected chi connectivity index (χ0v) is 17.3. The fraction of sp³-hybridized carbons (Fsp3) is 0.429. The van der Waals surface area contributed by atoms with Gasteiger partial charge >= 0.3 is 0 Å². The molecule has 1 fully saturated rings. The van der Waals surface area contributed by atoms with E-state index < -0.39 is 0 Å². The maximum absolute atomic E-state index is 12.5. The van der Waals surface area contributed by atoms with E-state index in [4.69, 9.17) is 0 Å². The molecule has 2 N–H and O–H groups in total. The summed E-state index contributed by atoms with van der Waals surface area (Å²) in [5.41, 5.74) is 2.64. The number of carbonyl (C=O) groups is 3. The molecule has 1 aliphatic heterocycles. The predicted octanol–water partition coefficient (Wildman–Crippen LogP) is 1.22. The second-order valence-electron chi connectivity index (χ2n) is 8.24. The molecule has 0 radical (unpaired) electrons. The maximum atomic E-state index is 12.5. The van der Waals surface area contributed by atoms with Crippen LogP contribution >= 0.6 is 0 Å². The van der Waals surface area contributed by atoms with Gasteiger partial charge < -0.3 is 15.5 Å². The van der Waals surface area contributed by atoms with Gasteiger partial charge in [0.1, 0.15) is 5.69 Å². The topological polar surface area (TPSA) is 96.3 Å². The zero-order valence-electron chi connectivity index (χ0n) is 17.3. The van der Waals surface area contributed by atoms with E-state index in [0.29, 0.717) is 30.9 Å². The van der Waals surface area contributed by atoms with Crippen LogP contribution in [-0.2, 0) is 23.8 Å². The number of hydrogen-bond acceptors (Lipinski definition) is 4.